The molecular formula is C20H19N3O4. The third-order valence-electron chi connectivity index (χ3n) is 4.40. The number of likely N-dealkylation sites (tertiary alicyclic amines) is 1. The van der Waals surface area contributed by atoms with Gasteiger partial charge in [0.2, 0.25) is 5.91 Å². The molecule has 0 radical (unpaired) electrons. The number of carboxylic acids is 1. The summed E-state index contributed by atoms with van der Waals surface area (Å²) in [4.78, 5) is 36.9. The fraction of sp³-hybridized carbons (Fsp3) is 0.200. The molecule has 0 saturated carbocycles. The number of benzene rings is 2. The van der Waals surface area contributed by atoms with Crippen LogP contribution in [0.1, 0.15) is 33.8 Å². The zero-order valence-corrected chi connectivity index (χ0v) is 14.5. The van der Waals surface area contributed by atoms with Crippen molar-refractivity contribution in [3.8, 4) is 0 Å². The van der Waals surface area contributed by atoms with Gasteiger partial charge in [-0.25, -0.2) is 10.2 Å². The van der Waals surface area contributed by atoms with Gasteiger partial charge < -0.3 is 10.0 Å². The average Bonchev–Trinajstić information content (AvgIpc) is 3.03. The number of amides is 2. The van der Waals surface area contributed by atoms with Crippen molar-refractivity contribution in [2.45, 2.75) is 12.3 Å². The molecule has 2 aromatic rings. The first kappa shape index (κ1) is 18.3. The molecule has 27 heavy (non-hydrogen) atoms. The van der Waals surface area contributed by atoms with Gasteiger partial charge in [0.25, 0.3) is 5.91 Å². The van der Waals surface area contributed by atoms with Crippen molar-refractivity contribution in [3.63, 3.8) is 0 Å². The summed E-state index contributed by atoms with van der Waals surface area (Å²) in [5.41, 5.74) is 3.90. The van der Waals surface area contributed by atoms with E-state index in [9.17, 15) is 14.4 Å². The van der Waals surface area contributed by atoms with Crippen LogP contribution >= 0.6 is 0 Å². The summed E-state index contributed by atoms with van der Waals surface area (Å²) in [5, 5.41) is 12.9. The number of aromatic carboxylic acids is 1. The van der Waals surface area contributed by atoms with Crippen LogP contribution in [0.4, 0.5) is 0 Å². The highest BCUT2D eigenvalue weighted by Gasteiger charge is 2.31. The molecule has 7 heteroatoms. The molecule has 7 nitrogen and oxygen atoms in total. The second-order valence-electron chi connectivity index (χ2n) is 6.27. The summed E-state index contributed by atoms with van der Waals surface area (Å²) in [7, 11) is 0. The van der Waals surface area contributed by atoms with Crippen molar-refractivity contribution in [3.05, 3.63) is 71.3 Å². The normalized spacial score (nSPS) is 16.7. The van der Waals surface area contributed by atoms with Gasteiger partial charge in [0.15, 0.2) is 0 Å². The Kier molecular flexibility index (Phi) is 5.61. The molecule has 0 bridgehead atoms. The van der Waals surface area contributed by atoms with Gasteiger partial charge in [-0.1, -0.05) is 48.5 Å². The molecule has 0 aromatic heterocycles. The maximum absolute atomic E-state index is 12.2. The van der Waals surface area contributed by atoms with E-state index in [1.807, 2.05) is 30.3 Å². The number of nitrogens with one attached hydrogen (secondary N) is 1. The van der Waals surface area contributed by atoms with E-state index in [-0.39, 0.29) is 23.9 Å². The second-order valence-corrected chi connectivity index (χ2v) is 6.27. The van der Waals surface area contributed by atoms with Crippen LogP contribution in [-0.2, 0) is 9.59 Å². The summed E-state index contributed by atoms with van der Waals surface area (Å²) in [6.07, 6.45) is 1.66. The molecule has 3 rings (SSSR count). The Morgan fingerprint density at radius 1 is 1.15 bits per heavy atom. The Balaban J connectivity index is 1.55. The SMILES string of the molecule is O=C(CN1C[C@@H](c2ccccc2)CC1=O)N/N=C\c1ccccc1C(=O)O. The van der Waals surface area contributed by atoms with Crippen molar-refractivity contribution >= 4 is 24.0 Å². The van der Waals surface area contributed by atoms with E-state index in [0.717, 1.165) is 5.56 Å². The van der Waals surface area contributed by atoms with Crippen molar-refractivity contribution in [1.82, 2.24) is 10.3 Å². The monoisotopic (exact) mass is 365 g/mol. The number of rotatable bonds is 6. The predicted molar refractivity (Wildman–Crippen MR) is 99.5 cm³/mol. The van der Waals surface area contributed by atoms with Gasteiger partial charge in [-0.3, -0.25) is 9.59 Å². The molecule has 1 heterocycles. The van der Waals surface area contributed by atoms with Gasteiger partial charge in [0.1, 0.15) is 6.54 Å². The lowest BCUT2D eigenvalue weighted by Crippen LogP contribution is -2.36. The number of carboxylic acid groups (broad SMARTS) is 1. The first-order chi connectivity index (χ1) is 13.0. The molecule has 2 amide bonds. The Morgan fingerprint density at radius 3 is 2.59 bits per heavy atom. The van der Waals surface area contributed by atoms with Crippen LogP contribution in [0.15, 0.2) is 59.7 Å². The quantitative estimate of drug-likeness (QED) is 0.603. The zero-order valence-electron chi connectivity index (χ0n) is 14.5. The van der Waals surface area contributed by atoms with Crippen LogP contribution in [0.25, 0.3) is 0 Å². The fourth-order valence-corrected chi connectivity index (χ4v) is 3.06. The zero-order chi connectivity index (χ0) is 19.2. The highest BCUT2D eigenvalue weighted by Crippen LogP contribution is 2.27. The molecule has 1 fully saturated rings. The van der Waals surface area contributed by atoms with E-state index in [4.69, 9.17) is 5.11 Å². The number of nitrogens with zero attached hydrogens (tertiary/aromatic N) is 2. The molecule has 0 spiro atoms. The number of hydrogen-bond acceptors (Lipinski definition) is 4. The summed E-state index contributed by atoms with van der Waals surface area (Å²) < 4.78 is 0. The summed E-state index contributed by atoms with van der Waals surface area (Å²) >= 11 is 0. The summed E-state index contributed by atoms with van der Waals surface area (Å²) in [5.74, 6) is -1.49. The Morgan fingerprint density at radius 2 is 1.85 bits per heavy atom. The van der Waals surface area contributed by atoms with Crippen LogP contribution in [-0.4, -0.2) is 47.1 Å². The number of hydrogen-bond donors (Lipinski definition) is 2. The third kappa shape index (κ3) is 4.58. The minimum Gasteiger partial charge on any atom is -0.478 e. The topological polar surface area (TPSA) is 99.1 Å². The average molecular weight is 365 g/mol. The summed E-state index contributed by atoms with van der Waals surface area (Å²) in [6.45, 7) is 0.405. The lowest BCUT2D eigenvalue weighted by Gasteiger charge is -2.15. The van der Waals surface area contributed by atoms with Gasteiger partial charge in [0.05, 0.1) is 11.8 Å². The molecule has 1 aliphatic rings. The highest BCUT2D eigenvalue weighted by atomic mass is 16.4. The van der Waals surface area contributed by atoms with Gasteiger partial charge >= 0.3 is 5.97 Å². The molecule has 0 aliphatic carbocycles. The van der Waals surface area contributed by atoms with Crippen molar-refractivity contribution in [2.75, 3.05) is 13.1 Å². The summed E-state index contributed by atoms with van der Waals surface area (Å²) in [6, 6.07) is 16.1. The molecule has 1 aliphatic heterocycles. The molecular weight excluding hydrogens is 346 g/mol. The molecule has 0 unspecified atom stereocenters. The Hall–Kier alpha value is -3.48. The van der Waals surface area contributed by atoms with E-state index >= 15 is 0 Å². The Bertz CT molecular complexity index is 880. The lowest BCUT2D eigenvalue weighted by molar-refractivity contribution is -0.133. The standard InChI is InChI=1S/C20H19N3O4/c24-18(22-21-11-15-8-4-5-9-17(15)20(26)27)13-23-12-16(10-19(23)25)14-6-2-1-3-7-14/h1-9,11,16H,10,12-13H2,(H,22,24)(H,26,27)/b21-11-/t16-/m0/s1. The van der Waals surface area contributed by atoms with Crippen LogP contribution < -0.4 is 5.43 Å². The maximum Gasteiger partial charge on any atom is 0.336 e. The molecule has 2 aromatic carbocycles. The number of carbonyl (C=O) groups is 3. The minimum atomic E-state index is -1.07. The number of carbonyl (C=O) groups excluding carboxylic acids is 2. The van der Waals surface area contributed by atoms with E-state index in [2.05, 4.69) is 10.5 Å². The van der Waals surface area contributed by atoms with E-state index in [0.29, 0.717) is 18.5 Å². The predicted octanol–water partition coefficient (Wildman–Crippen LogP) is 1.85. The van der Waals surface area contributed by atoms with Crippen molar-refractivity contribution < 1.29 is 19.5 Å². The van der Waals surface area contributed by atoms with Crippen LogP contribution in [0.5, 0.6) is 0 Å². The van der Waals surface area contributed by atoms with E-state index in [1.54, 1.807) is 18.2 Å². The molecule has 1 saturated heterocycles. The molecule has 2 N–H and O–H groups in total. The molecule has 138 valence electrons. The van der Waals surface area contributed by atoms with Gasteiger partial charge in [-0.2, -0.15) is 5.10 Å². The highest BCUT2D eigenvalue weighted by molar-refractivity contribution is 5.98. The van der Waals surface area contributed by atoms with Crippen LogP contribution in [0.2, 0.25) is 0 Å². The van der Waals surface area contributed by atoms with E-state index in [1.165, 1.54) is 17.2 Å². The minimum absolute atomic E-state index is 0.0702. The van der Waals surface area contributed by atoms with E-state index < -0.39 is 11.9 Å². The largest absolute Gasteiger partial charge is 0.478 e. The maximum atomic E-state index is 12.2. The Labute approximate surface area is 156 Å². The fourth-order valence-electron chi connectivity index (χ4n) is 3.06. The number of hydrazone groups is 1. The van der Waals surface area contributed by atoms with Crippen molar-refractivity contribution in [2.24, 2.45) is 5.10 Å². The smallest absolute Gasteiger partial charge is 0.336 e. The first-order valence-electron chi connectivity index (χ1n) is 8.51. The van der Waals surface area contributed by atoms with Gasteiger partial charge in [-0.15, -0.1) is 0 Å². The van der Waals surface area contributed by atoms with Crippen LogP contribution in [0.3, 0.4) is 0 Å². The lowest BCUT2D eigenvalue weighted by atomic mass is 9.99. The van der Waals surface area contributed by atoms with Crippen molar-refractivity contribution in [1.29, 1.82) is 0 Å². The molecule has 1 atom stereocenters. The second kappa shape index (κ2) is 8.27. The van der Waals surface area contributed by atoms with Gasteiger partial charge in [0, 0.05) is 24.4 Å². The van der Waals surface area contributed by atoms with Crippen LogP contribution in [0, 0.1) is 0 Å². The third-order valence-corrected chi connectivity index (χ3v) is 4.40. The van der Waals surface area contributed by atoms with Gasteiger partial charge in [-0.05, 0) is 11.6 Å². The first-order valence-corrected chi connectivity index (χ1v) is 8.51.